The lowest BCUT2D eigenvalue weighted by molar-refractivity contribution is 0.446. The lowest BCUT2D eigenvalue weighted by atomic mass is 9.88. The van der Waals surface area contributed by atoms with Crippen LogP contribution in [-0.2, 0) is 0 Å². The third-order valence-electron chi connectivity index (χ3n) is 4.33. The fraction of sp³-hybridized carbons (Fsp3) is 0.500. The van der Waals surface area contributed by atoms with Crippen LogP contribution in [0.15, 0.2) is 6.20 Å². The van der Waals surface area contributed by atoms with Gasteiger partial charge in [0.15, 0.2) is 0 Å². The lowest BCUT2D eigenvalue weighted by Crippen LogP contribution is -2.12. The summed E-state index contributed by atoms with van der Waals surface area (Å²) in [7, 11) is 0. The minimum absolute atomic E-state index is 0.188. The number of nitrogens with zero attached hydrogens (tertiary/aromatic N) is 4. The molecule has 0 aliphatic heterocycles. The maximum atomic E-state index is 9.43. The first-order valence-corrected chi connectivity index (χ1v) is 7.24. The highest BCUT2D eigenvalue weighted by Gasteiger charge is 2.29. The van der Waals surface area contributed by atoms with Gasteiger partial charge in [-0.2, -0.15) is 5.26 Å². The van der Waals surface area contributed by atoms with Crippen molar-refractivity contribution in [2.75, 3.05) is 5.73 Å². The van der Waals surface area contributed by atoms with E-state index in [1.54, 1.807) is 10.7 Å². The van der Waals surface area contributed by atoms with Crippen LogP contribution in [0.25, 0.3) is 5.52 Å². The molecule has 2 aromatic rings. The zero-order valence-corrected chi connectivity index (χ0v) is 12.1. The van der Waals surface area contributed by atoms with Crippen LogP contribution in [-0.4, -0.2) is 14.6 Å². The largest absolute Gasteiger partial charge is 0.367 e. The molecule has 6 heteroatoms. The molecule has 2 aromatic heterocycles. The number of rotatable bonds is 2. The van der Waals surface area contributed by atoms with Crippen LogP contribution >= 0.6 is 11.6 Å². The summed E-state index contributed by atoms with van der Waals surface area (Å²) in [6, 6.07) is 2.22. The van der Waals surface area contributed by atoms with E-state index in [0.717, 1.165) is 5.69 Å². The summed E-state index contributed by atoms with van der Waals surface area (Å²) in [4.78, 5) is 3.97. The van der Waals surface area contributed by atoms with Crippen LogP contribution in [0.5, 0.6) is 0 Å². The van der Waals surface area contributed by atoms with Gasteiger partial charge in [-0.3, -0.25) is 0 Å². The van der Waals surface area contributed by atoms with Crippen molar-refractivity contribution in [1.29, 1.82) is 5.26 Å². The summed E-state index contributed by atoms with van der Waals surface area (Å²) in [5, 5.41) is 14.1. The smallest absolute Gasteiger partial charge is 0.238 e. The van der Waals surface area contributed by atoms with Crippen molar-refractivity contribution in [2.24, 2.45) is 5.92 Å². The molecule has 0 bridgehead atoms. The highest BCUT2D eigenvalue weighted by atomic mass is 35.5. The second-order valence-corrected chi connectivity index (χ2v) is 5.81. The Bertz CT molecular complexity index is 694. The number of anilines is 1. The first kappa shape index (κ1) is 13.2. The molecule has 20 heavy (non-hydrogen) atoms. The quantitative estimate of drug-likeness (QED) is 0.921. The van der Waals surface area contributed by atoms with E-state index in [4.69, 9.17) is 17.3 Å². The van der Waals surface area contributed by atoms with E-state index in [2.05, 4.69) is 23.1 Å². The van der Waals surface area contributed by atoms with Gasteiger partial charge in [0.1, 0.15) is 11.6 Å². The van der Waals surface area contributed by atoms with Crippen molar-refractivity contribution in [3.8, 4) is 6.07 Å². The third kappa shape index (κ3) is 1.92. The van der Waals surface area contributed by atoms with E-state index in [1.165, 1.54) is 25.7 Å². The molecule has 1 aliphatic carbocycles. The van der Waals surface area contributed by atoms with Gasteiger partial charge in [-0.25, -0.2) is 9.50 Å². The molecule has 1 aliphatic rings. The maximum absolute atomic E-state index is 9.43. The molecular weight excluding hydrogens is 274 g/mol. The van der Waals surface area contributed by atoms with Crippen molar-refractivity contribution in [3.05, 3.63) is 22.5 Å². The van der Waals surface area contributed by atoms with E-state index in [9.17, 15) is 5.26 Å². The lowest BCUT2D eigenvalue weighted by Gasteiger charge is -2.19. The Balaban J connectivity index is 2.22. The Labute approximate surface area is 122 Å². The van der Waals surface area contributed by atoms with Crippen LogP contribution in [0, 0.1) is 17.2 Å². The van der Waals surface area contributed by atoms with Crippen LogP contribution in [0.1, 0.15) is 49.8 Å². The van der Waals surface area contributed by atoms with Gasteiger partial charge in [0.25, 0.3) is 0 Å². The van der Waals surface area contributed by atoms with Crippen molar-refractivity contribution in [1.82, 2.24) is 14.6 Å². The van der Waals surface area contributed by atoms with Gasteiger partial charge in [0, 0.05) is 5.92 Å². The number of hydrogen-bond acceptors (Lipinski definition) is 4. The normalized spacial score (nSPS) is 17.4. The third-order valence-corrected chi connectivity index (χ3v) is 4.71. The fourth-order valence-electron chi connectivity index (χ4n) is 3.25. The number of aromatic nitrogens is 3. The predicted molar refractivity (Wildman–Crippen MR) is 77.5 cm³/mol. The molecule has 2 heterocycles. The highest BCUT2D eigenvalue weighted by molar-refractivity contribution is 6.35. The molecule has 0 radical (unpaired) electrons. The van der Waals surface area contributed by atoms with Crippen LogP contribution in [0.2, 0.25) is 5.02 Å². The standard InChI is InChI=1S/C14H16ClN5/c1-8(9-4-2-3-5-9)13-10(6-16)12(15)11-7-18-14(17)19-20(11)13/h7-9H,2-5H2,1H3,(H2,17,19). The van der Waals surface area contributed by atoms with Gasteiger partial charge in [-0.05, 0) is 18.8 Å². The van der Waals surface area contributed by atoms with Crippen molar-refractivity contribution < 1.29 is 0 Å². The first-order chi connectivity index (χ1) is 9.63. The van der Waals surface area contributed by atoms with E-state index < -0.39 is 0 Å². The maximum Gasteiger partial charge on any atom is 0.238 e. The topological polar surface area (TPSA) is 80.0 Å². The average molecular weight is 290 g/mol. The molecule has 0 saturated heterocycles. The zero-order valence-electron chi connectivity index (χ0n) is 11.3. The molecule has 0 aromatic carbocycles. The van der Waals surface area contributed by atoms with Crippen molar-refractivity contribution in [3.63, 3.8) is 0 Å². The van der Waals surface area contributed by atoms with Gasteiger partial charge in [0.05, 0.1) is 22.5 Å². The van der Waals surface area contributed by atoms with Crippen molar-refractivity contribution >= 4 is 23.1 Å². The van der Waals surface area contributed by atoms with Gasteiger partial charge in [-0.15, -0.1) is 5.10 Å². The summed E-state index contributed by atoms with van der Waals surface area (Å²) in [6.07, 6.45) is 6.47. The van der Waals surface area contributed by atoms with E-state index in [-0.39, 0.29) is 11.9 Å². The Morgan fingerprint density at radius 2 is 2.20 bits per heavy atom. The summed E-state index contributed by atoms with van der Waals surface area (Å²) in [6.45, 7) is 2.15. The summed E-state index contributed by atoms with van der Waals surface area (Å²) < 4.78 is 1.70. The molecule has 1 atom stereocenters. The molecule has 104 valence electrons. The molecule has 0 amide bonds. The number of hydrogen-bond donors (Lipinski definition) is 1. The molecular formula is C14H16ClN5. The number of nitrogen functional groups attached to an aromatic ring is 1. The zero-order chi connectivity index (χ0) is 14.3. The Morgan fingerprint density at radius 1 is 1.50 bits per heavy atom. The van der Waals surface area contributed by atoms with E-state index in [0.29, 0.717) is 22.0 Å². The molecule has 2 N–H and O–H groups in total. The molecule has 1 unspecified atom stereocenters. The van der Waals surface area contributed by atoms with Crippen molar-refractivity contribution in [2.45, 2.75) is 38.5 Å². The Kier molecular flexibility index (Phi) is 3.27. The molecule has 1 saturated carbocycles. The minimum atomic E-state index is 0.188. The van der Waals surface area contributed by atoms with E-state index in [1.807, 2.05) is 0 Å². The SMILES string of the molecule is CC(c1c(C#N)c(Cl)c2cnc(N)nn12)C1CCCC1. The number of halogens is 1. The second kappa shape index (κ2) is 4.95. The van der Waals surface area contributed by atoms with Gasteiger partial charge < -0.3 is 5.73 Å². The monoisotopic (exact) mass is 289 g/mol. The Hall–Kier alpha value is -1.80. The fourth-order valence-corrected chi connectivity index (χ4v) is 3.52. The number of fused-ring (bicyclic) bond motifs is 1. The molecule has 5 nitrogen and oxygen atoms in total. The summed E-state index contributed by atoms with van der Waals surface area (Å²) in [5.74, 6) is 1.00. The highest BCUT2D eigenvalue weighted by Crippen LogP contribution is 2.40. The molecule has 1 fully saturated rings. The van der Waals surface area contributed by atoms with Gasteiger partial charge >= 0.3 is 0 Å². The number of nitriles is 1. The summed E-state index contributed by atoms with van der Waals surface area (Å²) in [5.41, 5.74) is 7.70. The second-order valence-electron chi connectivity index (χ2n) is 5.43. The van der Waals surface area contributed by atoms with E-state index >= 15 is 0 Å². The minimum Gasteiger partial charge on any atom is -0.367 e. The first-order valence-electron chi connectivity index (χ1n) is 6.86. The molecule has 3 rings (SSSR count). The summed E-state index contributed by atoms with van der Waals surface area (Å²) >= 11 is 6.30. The van der Waals surface area contributed by atoms with Crippen LogP contribution < -0.4 is 5.73 Å². The van der Waals surface area contributed by atoms with Crippen LogP contribution in [0.4, 0.5) is 5.95 Å². The van der Waals surface area contributed by atoms with Crippen LogP contribution in [0.3, 0.4) is 0 Å². The Morgan fingerprint density at radius 3 is 2.85 bits per heavy atom. The van der Waals surface area contributed by atoms with Gasteiger partial charge in [-0.1, -0.05) is 31.4 Å². The van der Waals surface area contributed by atoms with Gasteiger partial charge in [0.2, 0.25) is 5.95 Å². The number of nitrogens with two attached hydrogens (primary N) is 1. The average Bonchev–Trinajstić information content (AvgIpc) is 3.04. The predicted octanol–water partition coefficient (Wildman–Crippen LogP) is 3.13. The molecule has 0 spiro atoms.